The number of aromatic nitrogens is 1. The van der Waals surface area contributed by atoms with Gasteiger partial charge in [-0.25, -0.2) is 4.98 Å². The van der Waals surface area contributed by atoms with Crippen molar-refractivity contribution in [3.05, 3.63) is 72.1 Å². The summed E-state index contributed by atoms with van der Waals surface area (Å²) in [5, 5.41) is 15.7. The minimum absolute atomic E-state index is 0.149. The van der Waals surface area contributed by atoms with Crippen LogP contribution in [-0.2, 0) is 6.54 Å². The molecular formula is C30H37Cl2N7O4. The molecule has 2 fully saturated rings. The highest BCUT2D eigenvalue weighted by atomic mass is 35.5. The third-order valence-electron chi connectivity index (χ3n) is 8.47. The van der Waals surface area contributed by atoms with Gasteiger partial charge in [0.2, 0.25) is 5.91 Å². The van der Waals surface area contributed by atoms with Crippen molar-refractivity contribution in [3.63, 3.8) is 0 Å². The van der Waals surface area contributed by atoms with E-state index in [0.29, 0.717) is 45.7 Å². The SMILES string of the molecule is CC[C@H]1CN(c2ncc(Nc3c(NCCO)c(=O)c3=O)cc2Cl)CCN1C1CCN(Cc2ccc(Cl)cc2C(N)=O)CC1. The molecule has 2 saturated heterocycles. The summed E-state index contributed by atoms with van der Waals surface area (Å²) in [7, 11) is 0. The number of aliphatic hydroxyl groups is 1. The third-order valence-corrected chi connectivity index (χ3v) is 8.98. The van der Waals surface area contributed by atoms with Crippen LogP contribution < -0.4 is 32.1 Å². The molecule has 230 valence electrons. The maximum absolute atomic E-state index is 12.1. The summed E-state index contributed by atoms with van der Waals surface area (Å²) in [4.78, 5) is 47.7. The Kier molecular flexibility index (Phi) is 9.88. The van der Waals surface area contributed by atoms with Crippen LogP contribution in [0.25, 0.3) is 0 Å². The molecular weight excluding hydrogens is 593 g/mol. The van der Waals surface area contributed by atoms with Crippen LogP contribution in [0.4, 0.5) is 22.9 Å². The molecule has 0 unspecified atom stereocenters. The lowest BCUT2D eigenvalue weighted by Crippen LogP contribution is -2.58. The van der Waals surface area contributed by atoms with Gasteiger partial charge in [-0.1, -0.05) is 36.2 Å². The molecule has 1 aromatic heterocycles. The largest absolute Gasteiger partial charge is 0.395 e. The molecule has 5 N–H and O–H groups in total. The molecule has 0 aliphatic carbocycles. The fourth-order valence-corrected chi connectivity index (χ4v) is 6.67. The van der Waals surface area contributed by atoms with Gasteiger partial charge in [0.05, 0.1) is 23.5 Å². The number of nitrogens with two attached hydrogens (primary N) is 1. The van der Waals surface area contributed by atoms with E-state index in [4.69, 9.17) is 34.0 Å². The van der Waals surface area contributed by atoms with E-state index in [9.17, 15) is 14.4 Å². The lowest BCUT2D eigenvalue weighted by molar-refractivity contribution is 0.0609. The Hall–Kier alpha value is -3.22. The maximum Gasteiger partial charge on any atom is 0.253 e. The van der Waals surface area contributed by atoms with Crippen molar-refractivity contribution in [1.29, 1.82) is 0 Å². The second-order valence-corrected chi connectivity index (χ2v) is 12.0. The topological polar surface area (TPSA) is 144 Å². The zero-order valence-corrected chi connectivity index (χ0v) is 25.6. The summed E-state index contributed by atoms with van der Waals surface area (Å²) in [5.74, 6) is 0.233. The number of aliphatic hydroxyl groups excluding tert-OH is 1. The molecule has 0 bridgehead atoms. The lowest BCUT2D eigenvalue weighted by atomic mass is 9.97. The Labute approximate surface area is 260 Å². The van der Waals surface area contributed by atoms with Gasteiger partial charge in [0.1, 0.15) is 17.2 Å². The number of halogens is 2. The van der Waals surface area contributed by atoms with Crippen LogP contribution >= 0.6 is 23.2 Å². The first kappa shape index (κ1) is 31.2. The molecule has 13 heteroatoms. The number of benzene rings is 1. The van der Waals surface area contributed by atoms with E-state index in [1.165, 1.54) is 0 Å². The Morgan fingerprint density at radius 1 is 1.09 bits per heavy atom. The summed E-state index contributed by atoms with van der Waals surface area (Å²) in [6, 6.07) is 7.87. The van der Waals surface area contributed by atoms with Gasteiger partial charge in [-0.15, -0.1) is 0 Å². The second-order valence-electron chi connectivity index (χ2n) is 11.1. The Morgan fingerprint density at radius 2 is 1.84 bits per heavy atom. The molecule has 0 saturated carbocycles. The van der Waals surface area contributed by atoms with Crippen LogP contribution in [0, 0.1) is 0 Å². The number of piperazine rings is 1. The highest BCUT2D eigenvalue weighted by Crippen LogP contribution is 2.32. The highest BCUT2D eigenvalue weighted by molar-refractivity contribution is 6.33. The molecule has 5 rings (SSSR count). The molecule has 1 amide bonds. The van der Waals surface area contributed by atoms with Gasteiger partial charge in [0.15, 0.2) is 0 Å². The standard InChI is InChI=1S/C30H37Cl2N7O4/c1-2-21-17-38(30-24(32)14-20(15-35-30)36-26-25(34-7-12-40)27(41)28(26)42)10-11-39(21)22-5-8-37(9-6-22)16-18-3-4-19(31)13-23(18)29(33)43/h3-4,13-15,21-22,34,36,40H,2,5-12,16-17H2,1H3,(H2,33,43)/t21-/m0/s1. The van der Waals surface area contributed by atoms with Gasteiger partial charge < -0.3 is 26.4 Å². The van der Waals surface area contributed by atoms with Crippen LogP contribution in [0.5, 0.6) is 0 Å². The molecule has 11 nitrogen and oxygen atoms in total. The average Bonchev–Trinajstić information content (AvgIpc) is 3.01. The van der Waals surface area contributed by atoms with Crippen LogP contribution in [-0.4, -0.2) is 83.8 Å². The fourth-order valence-electron chi connectivity index (χ4n) is 6.21. The second kappa shape index (κ2) is 13.6. The summed E-state index contributed by atoms with van der Waals surface area (Å²) >= 11 is 12.8. The summed E-state index contributed by atoms with van der Waals surface area (Å²) in [6.45, 7) is 7.25. The van der Waals surface area contributed by atoms with E-state index in [1.807, 2.05) is 6.07 Å². The van der Waals surface area contributed by atoms with Crippen molar-refractivity contribution in [2.24, 2.45) is 5.73 Å². The maximum atomic E-state index is 12.1. The summed E-state index contributed by atoms with van der Waals surface area (Å²) in [5.41, 5.74) is 6.56. The Balaban J connectivity index is 1.18. The van der Waals surface area contributed by atoms with Gasteiger partial charge in [-0.3, -0.25) is 24.2 Å². The van der Waals surface area contributed by atoms with Crippen LogP contribution in [0.1, 0.15) is 42.1 Å². The number of nitrogens with zero attached hydrogens (tertiary/aromatic N) is 4. The monoisotopic (exact) mass is 629 g/mol. The number of carbonyl (C=O) groups excluding carboxylic acids is 1. The first-order chi connectivity index (χ1) is 20.7. The number of hydrogen-bond donors (Lipinski definition) is 4. The number of piperidine rings is 1. The molecule has 2 aromatic carbocycles. The average molecular weight is 631 g/mol. The molecule has 3 heterocycles. The Bertz CT molecular complexity index is 1540. The minimum atomic E-state index is -0.617. The first-order valence-electron chi connectivity index (χ1n) is 14.6. The van der Waals surface area contributed by atoms with Crippen LogP contribution in [0.3, 0.4) is 0 Å². The molecule has 2 aliphatic rings. The molecule has 3 aromatic rings. The molecule has 43 heavy (non-hydrogen) atoms. The number of pyridine rings is 1. The zero-order chi connectivity index (χ0) is 30.7. The zero-order valence-electron chi connectivity index (χ0n) is 24.1. The quantitative estimate of drug-likeness (QED) is 0.234. The number of nitrogens with one attached hydrogen (secondary N) is 2. The van der Waals surface area contributed by atoms with Gasteiger partial charge >= 0.3 is 0 Å². The summed E-state index contributed by atoms with van der Waals surface area (Å²) in [6.07, 6.45) is 4.69. The summed E-state index contributed by atoms with van der Waals surface area (Å²) < 4.78 is 0. The number of rotatable bonds is 11. The minimum Gasteiger partial charge on any atom is -0.395 e. The van der Waals surface area contributed by atoms with Gasteiger partial charge in [-0.05, 0) is 56.1 Å². The van der Waals surface area contributed by atoms with E-state index in [0.717, 1.165) is 57.5 Å². The molecule has 0 radical (unpaired) electrons. The molecule has 0 spiro atoms. The van der Waals surface area contributed by atoms with E-state index >= 15 is 0 Å². The fraction of sp³-hybridized carbons (Fsp3) is 0.467. The number of anilines is 4. The van der Waals surface area contributed by atoms with Gasteiger partial charge in [0, 0.05) is 55.4 Å². The van der Waals surface area contributed by atoms with E-state index in [-0.39, 0.29) is 24.5 Å². The normalized spacial score (nSPS) is 18.7. The first-order valence-corrected chi connectivity index (χ1v) is 15.4. The number of carbonyl (C=O) groups is 1. The van der Waals surface area contributed by atoms with Crippen molar-refractivity contribution in [2.45, 2.75) is 44.8 Å². The molecule has 2 aliphatic heterocycles. The van der Waals surface area contributed by atoms with E-state index in [1.54, 1.807) is 24.4 Å². The van der Waals surface area contributed by atoms with Crippen molar-refractivity contribution in [2.75, 3.05) is 61.4 Å². The van der Waals surface area contributed by atoms with E-state index in [2.05, 4.69) is 37.2 Å². The highest BCUT2D eigenvalue weighted by Gasteiger charge is 2.34. The van der Waals surface area contributed by atoms with E-state index < -0.39 is 16.8 Å². The Morgan fingerprint density at radius 3 is 2.51 bits per heavy atom. The van der Waals surface area contributed by atoms with Crippen molar-refractivity contribution in [1.82, 2.24) is 14.8 Å². The predicted octanol–water partition coefficient (Wildman–Crippen LogP) is 2.80. The van der Waals surface area contributed by atoms with Gasteiger partial charge in [0.25, 0.3) is 10.9 Å². The smallest absolute Gasteiger partial charge is 0.253 e. The third kappa shape index (κ3) is 6.81. The van der Waals surface area contributed by atoms with Crippen molar-refractivity contribution >= 4 is 52.0 Å². The number of amides is 1. The number of hydrogen-bond acceptors (Lipinski definition) is 10. The van der Waals surface area contributed by atoms with Crippen molar-refractivity contribution in [3.8, 4) is 0 Å². The predicted molar refractivity (Wildman–Crippen MR) is 171 cm³/mol. The van der Waals surface area contributed by atoms with Crippen molar-refractivity contribution < 1.29 is 9.90 Å². The molecule has 1 atom stereocenters. The van der Waals surface area contributed by atoms with Crippen LogP contribution in [0.15, 0.2) is 40.1 Å². The number of primary amides is 1. The lowest BCUT2D eigenvalue weighted by Gasteiger charge is -2.47. The van der Waals surface area contributed by atoms with Gasteiger partial charge in [-0.2, -0.15) is 0 Å². The number of likely N-dealkylation sites (tertiary alicyclic amines) is 1. The van der Waals surface area contributed by atoms with Crippen LogP contribution in [0.2, 0.25) is 10.0 Å².